The molecule has 2 unspecified atom stereocenters. The van der Waals surface area contributed by atoms with E-state index in [1.807, 2.05) is 24.3 Å². The van der Waals surface area contributed by atoms with Gasteiger partial charge in [-0.05, 0) is 49.1 Å². The van der Waals surface area contributed by atoms with Crippen LogP contribution in [0.4, 0.5) is 17.3 Å². The normalized spacial score (nSPS) is 17.4. The van der Waals surface area contributed by atoms with E-state index in [9.17, 15) is 9.90 Å². The van der Waals surface area contributed by atoms with Gasteiger partial charge in [-0.25, -0.2) is 19.5 Å². The zero-order valence-corrected chi connectivity index (χ0v) is 23.7. The Labute approximate surface area is 252 Å². The van der Waals surface area contributed by atoms with E-state index in [2.05, 4.69) is 52.2 Å². The van der Waals surface area contributed by atoms with Crippen molar-refractivity contribution >= 4 is 28.9 Å². The molecule has 4 N–H and O–H groups in total. The number of fused-ring (bicyclic) bond motifs is 3. The van der Waals surface area contributed by atoms with Crippen LogP contribution in [-0.4, -0.2) is 77.5 Å². The lowest BCUT2D eigenvalue weighted by molar-refractivity contribution is 0.0949. The van der Waals surface area contributed by atoms with Gasteiger partial charge in [0.2, 0.25) is 5.82 Å². The number of amides is 1. The van der Waals surface area contributed by atoms with Crippen molar-refractivity contribution in [1.82, 2.24) is 40.1 Å². The minimum Gasteiger partial charge on any atom is -0.507 e. The molecule has 220 valence electrons. The Kier molecular flexibility index (Phi) is 7.07. The fraction of sp³-hybridized carbons (Fsp3) is 0.258. The first-order valence-corrected chi connectivity index (χ1v) is 14.4. The maximum atomic E-state index is 12.4. The minimum absolute atomic E-state index is 0.149. The summed E-state index contributed by atoms with van der Waals surface area (Å²) in [6.07, 6.45) is 7.63. The number of rotatable bonds is 6. The van der Waals surface area contributed by atoms with Crippen LogP contribution in [0.1, 0.15) is 35.6 Å². The number of nitrogen functional groups attached to an aromatic ring is 1. The monoisotopic (exact) mass is 587 g/mol. The molecule has 44 heavy (non-hydrogen) atoms. The Morgan fingerprint density at radius 3 is 2.70 bits per heavy atom. The van der Waals surface area contributed by atoms with Crippen molar-refractivity contribution in [3.63, 3.8) is 0 Å². The summed E-state index contributed by atoms with van der Waals surface area (Å²) in [5.41, 5.74) is 9.21. The van der Waals surface area contributed by atoms with Gasteiger partial charge < -0.3 is 26.0 Å². The lowest BCUT2D eigenvalue weighted by Crippen LogP contribution is -2.54. The zero-order chi connectivity index (χ0) is 30.0. The zero-order valence-electron chi connectivity index (χ0n) is 23.7. The topological polar surface area (TPSA) is 164 Å². The molecule has 2 aliphatic heterocycles. The van der Waals surface area contributed by atoms with Crippen LogP contribution in [0.25, 0.3) is 16.9 Å². The fourth-order valence-corrected chi connectivity index (χ4v) is 5.91. The second-order valence-electron chi connectivity index (χ2n) is 10.7. The Hall–Kier alpha value is -5.77. The summed E-state index contributed by atoms with van der Waals surface area (Å²) in [6.45, 7) is 1.87. The number of nitrogens with zero attached hydrogens (tertiary/aromatic N) is 9. The first-order chi connectivity index (χ1) is 21.5. The molecule has 0 spiro atoms. The van der Waals surface area contributed by atoms with E-state index >= 15 is 0 Å². The quantitative estimate of drug-likeness (QED) is 0.197. The van der Waals surface area contributed by atoms with Gasteiger partial charge in [0, 0.05) is 68.4 Å². The number of anilines is 3. The van der Waals surface area contributed by atoms with Crippen LogP contribution in [-0.2, 0) is 0 Å². The van der Waals surface area contributed by atoms with Gasteiger partial charge in [-0.2, -0.15) is 5.10 Å². The number of nitrogens with two attached hydrogens (primary N) is 1. The van der Waals surface area contributed by atoms with Crippen LogP contribution in [0.15, 0.2) is 67.1 Å². The molecular weight excluding hydrogens is 558 g/mol. The first kappa shape index (κ1) is 27.1. The number of nitrogens with one attached hydrogen (secondary N) is 1. The SMILES string of the molecule is Nc1nnc(-c2ccccc2O)cc1N1CC2CCC(C1)N2c1ccnc(C#CCCNC(=O)c2cc3ncccn3n2)n1. The number of hydrogen-bond donors (Lipinski definition) is 3. The fourth-order valence-electron chi connectivity index (χ4n) is 5.91. The van der Waals surface area contributed by atoms with Crippen LogP contribution in [0.3, 0.4) is 0 Å². The number of aromatic hydroxyl groups is 1. The van der Waals surface area contributed by atoms with Crippen LogP contribution in [0.2, 0.25) is 0 Å². The average molecular weight is 588 g/mol. The molecule has 1 aromatic carbocycles. The molecule has 2 bridgehead atoms. The Morgan fingerprint density at radius 2 is 1.89 bits per heavy atom. The highest BCUT2D eigenvalue weighted by Crippen LogP contribution is 2.38. The molecule has 0 radical (unpaired) electrons. The standard InChI is InChI=1S/C31H29N11O2/c32-30-25(16-23(37-38-30)22-6-1-2-7-26(22)43)40-18-20-9-10-21(19-40)42(20)28-11-14-33-27(36-28)8-3-4-12-35-31(44)24-17-29-34-13-5-15-41(29)39-24/h1-2,5-7,11,13-17,20-21,43H,4,9-10,12,18-19H2,(H2,32,38)(H,35,44). The summed E-state index contributed by atoms with van der Waals surface area (Å²) in [6, 6.07) is 14.8. The summed E-state index contributed by atoms with van der Waals surface area (Å²) in [5.74, 6) is 7.63. The van der Waals surface area contributed by atoms with Crippen molar-refractivity contribution < 1.29 is 9.90 Å². The van der Waals surface area contributed by atoms with E-state index < -0.39 is 0 Å². The Morgan fingerprint density at radius 1 is 1.05 bits per heavy atom. The first-order valence-electron chi connectivity index (χ1n) is 14.4. The maximum Gasteiger partial charge on any atom is 0.271 e. The molecule has 13 nitrogen and oxygen atoms in total. The minimum atomic E-state index is -0.274. The Bertz CT molecular complexity index is 1870. The van der Waals surface area contributed by atoms with Gasteiger partial charge in [0.15, 0.2) is 17.2 Å². The lowest BCUT2D eigenvalue weighted by atomic mass is 10.1. The number of piperazine rings is 1. The van der Waals surface area contributed by atoms with E-state index in [0.717, 1.165) is 37.4 Å². The molecule has 5 aromatic rings. The van der Waals surface area contributed by atoms with Crippen molar-refractivity contribution in [2.24, 2.45) is 0 Å². The van der Waals surface area contributed by atoms with Gasteiger partial charge in [0.25, 0.3) is 5.91 Å². The molecule has 7 rings (SSSR count). The maximum absolute atomic E-state index is 12.4. The van der Waals surface area contributed by atoms with Gasteiger partial charge in [0.1, 0.15) is 11.6 Å². The smallest absolute Gasteiger partial charge is 0.271 e. The van der Waals surface area contributed by atoms with E-state index in [4.69, 9.17) is 10.7 Å². The van der Waals surface area contributed by atoms with Crippen molar-refractivity contribution in [2.75, 3.05) is 35.2 Å². The van der Waals surface area contributed by atoms with E-state index in [0.29, 0.717) is 47.2 Å². The van der Waals surface area contributed by atoms with Crippen LogP contribution >= 0.6 is 0 Å². The van der Waals surface area contributed by atoms with Gasteiger partial charge in [0.05, 0.1) is 11.4 Å². The molecular formula is C31H29N11O2. The summed E-state index contributed by atoms with van der Waals surface area (Å²) in [7, 11) is 0. The summed E-state index contributed by atoms with van der Waals surface area (Å²) in [4.78, 5) is 30.3. The molecule has 2 atom stereocenters. The highest BCUT2D eigenvalue weighted by molar-refractivity contribution is 5.93. The van der Waals surface area contributed by atoms with Crippen LogP contribution in [0, 0.1) is 11.8 Å². The molecule has 0 aliphatic carbocycles. The number of hydrogen-bond acceptors (Lipinski definition) is 11. The molecule has 2 saturated heterocycles. The number of para-hydroxylation sites is 1. The number of phenols is 1. The van der Waals surface area contributed by atoms with Gasteiger partial charge >= 0.3 is 0 Å². The molecule has 1 amide bonds. The predicted octanol–water partition coefficient (Wildman–Crippen LogP) is 2.29. The number of phenolic OH excluding ortho intramolecular Hbond substituents is 1. The third kappa shape index (κ3) is 5.29. The average Bonchev–Trinajstić information content (AvgIpc) is 3.59. The third-order valence-electron chi connectivity index (χ3n) is 7.91. The largest absolute Gasteiger partial charge is 0.507 e. The molecule has 6 heterocycles. The van der Waals surface area contributed by atoms with Crippen molar-refractivity contribution in [1.29, 1.82) is 0 Å². The Balaban J connectivity index is 0.993. The second-order valence-corrected chi connectivity index (χ2v) is 10.7. The van der Waals surface area contributed by atoms with Gasteiger partial charge in [-0.3, -0.25) is 4.79 Å². The summed E-state index contributed by atoms with van der Waals surface area (Å²) < 4.78 is 1.56. The van der Waals surface area contributed by atoms with E-state index in [1.165, 1.54) is 0 Å². The number of benzene rings is 1. The predicted molar refractivity (Wildman–Crippen MR) is 164 cm³/mol. The third-order valence-corrected chi connectivity index (χ3v) is 7.91. The number of carbonyl (C=O) groups excluding carboxylic acids is 1. The van der Waals surface area contributed by atoms with Crippen molar-refractivity contribution in [2.45, 2.75) is 31.3 Å². The lowest BCUT2D eigenvalue weighted by Gasteiger charge is -2.42. The van der Waals surface area contributed by atoms with E-state index in [1.54, 1.807) is 47.4 Å². The summed E-state index contributed by atoms with van der Waals surface area (Å²) in [5, 5.41) is 25.8. The van der Waals surface area contributed by atoms with Crippen molar-refractivity contribution in [3.8, 4) is 28.8 Å². The molecule has 2 fully saturated rings. The van der Waals surface area contributed by atoms with Gasteiger partial charge in [-0.1, -0.05) is 18.1 Å². The van der Waals surface area contributed by atoms with Gasteiger partial charge in [-0.15, -0.1) is 10.2 Å². The van der Waals surface area contributed by atoms with Crippen molar-refractivity contribution in [3.05, 3.63) is 78.6 Å². The van der Waals surface area contributed by atoms with Crippen LogP contribution in [0.5, 0.6) is 5.75 Å². The number of carbonyl (C=O) groups is 1. The number of aromatic nitrogens is 7. The van der Waals surface area contributed by atoms with Crippen LogP contribution < -0.4 is 20.9 Å². The van der Waals surface area contributed by atoms with E-state index in [-0.39, 0.29) is 23.7 Å². The highest BCUT2D eigenvalue weighted by atomic mass is 16.3. The second kappa shape index (κ2) is 11.5. The molecule has 4 aromatic heterocycles. The summed E-state index contributed by atoms with van der Waals surface area (Å²) >= 11 is 0. The highest BCUT2D eigenvalue weighted by Gasteiger charge is 2.41. The molecule has 0 saturated carbocycles. The molecule has 13 heteroatoms. The molecule has 2 aliphatic rings.